The molecule has 2 atom stereocenters. The van der Waals surface area contributed by atoms with Crippen molar-refractivity contribution >= 4 is 5.97 Å². The molecule has 1 fully saturated rings. The average molecular weight is 215 g/mol. The van der Waals surface area contributed by atoms with Crippen LogP contribution in [-0.2, 0) is 4.79 Å². The van der Waals surface area contributed by atoms with Gasteiger partial charge in [-0.2, -0.15) is 0 Å². The highest BCUT2D eigenvalue weighted by molar-refractivity contribution is 5.76. The molecule has 0 spiro atoms. The highest BCUT2D eigenvalue weighted by atomic mass is 16.4. The van der Waals surface area contributed by atoms with Crippen molar-refractivity contribution in [3.8, 4) is 0 Å². The Balaban J connectivity index is 2.47. The second-order valence-electron chi connectivity index (χ2n) is 5.39. The third kappa shape index (κ3) is 2.92. The standard InChI is InChI=1S/C11H21NO3/c1-10(2)6-4-5-8(10)12-7-11(3,15)9(13)14/h8,12,15H,4-7H2,1-3H3,(H,13,14). The lowest BCUT2D eigenvalue weighted by Crippen LogP contribution is -2.50. The van der Waals surface area contributed by atoms with E-state index in [0.29, 0.717) is 6.04 Å². The largest absolute Gasteiger partial charge is 0.479 e. The number of aliphatic hydroxyl groups is 1. The van der Waals surface area contributed by atoms with Crippen molar-refractivity contribution < 1.29 is 15.0 Å². The van der Waals surface area contributed by atoms with Crippen LogP contribution in [0.15, 0.2) is 0 Å². The van der Waals surface area contributed by atoms with E-state index in [1.165, 1.54) is 13.3 Å². The first kappa shape index (κ1) is 12.5. The second-order valence-corrected chi connectivity index (χ2v) is 5.39. The van der Waals surface area contributed by atoms with Gasteiger partial charge >= 0.3 is 5.97 Å². The molecule has 0 aliphatic heterocycles. The van der Waals surface area contributed by atoms with Gasteiger partial charge in [-0.25, -0.2) is 4.79 Å². The molecule has 1 saturated carbocycles. The minimum atomic E-state index is -1.67. The Morgan fingerprint density at radius 2 is 2.20 bits per heavy atom. The van der Waals surface area contributed by atoms with Gasteiger partial charge in [-0.3, -0.25) is 0 Å². The topological polar surface area (TPSA) is 69.6 Å². The van der Waals surface area contributed by atoms with E-state index in [9.17, 15) is 9.90 Å². The highest BCUT2D eigenvalue weighted by Gasteiger charge is 2.37. The van der Waals surface area contributed by atoms with Crippen molar-refractivity contribution in [1.29, 1.82) is 0 Å². The van der Waals surface area contributed by atoms with Crippen LogP contribution in [0.4, 0.5) is 0 Å². The van der Waals surface area contributed by atoms with Gasteiger partial charge in [0.2, 0.25) is 0 Å². The Kier molecular flexibility index (Phi) is 3.41. The van der Waals surface area contributed by atoms with Gasteiger partial charge in [0.1, 0.15) is 0 Å². The van der Waals surface area contributed by atoms with Gasteiger partial charge in [0, 0.05) is 12.6 Å². The van der Waals surface area contributed by atoms with E-state index in [0.717, 1.165) is 12.8 Å². The predicted molar refractivity (Wildman–Crippen MR) is 57.7 cm³/mol. The molecule has 1 aliphatic rings. The molecule has 0 aromatic carbocycles. The lowest BCUT2D eigenvalue weighted by Gasteiger charge is -2.30. The van der Waals surface area contributed by atoms with Gasteiger partial charge in [0.15, 0.2) is 5.60 Å². The summed E-state index contributed by atoms with van der Waals surface area (Å²) in [4.78, 5) is 10.7. The van der Waals surface area contributed by atoms with E-state index in [1.54, 1.807) is 0 Å². The van der Waals surface area contributed by atoms with Gasteiger partial charge < -0.3 is 15.5 Å². The molecule has 0 aromatic heterocycles. The zero-order valence-electron chi connectivity index (χ0n) is 9.71. The molecule has 4 heteroatoms. The maximum Gasteiger partial charge on any atom is 0.336 e. The molecular weight excluding hydrogens is 194 g/mol. The lowest BCUT2D eigenvalue weighted by atomic mass is 9.87. The maximum absolute atomic E-state index is 10.7. The fourth-order valence-corrected chi connectivity index (χ4v) is 2.10. The fourth-order valence-electron chi connectivity index (χ4n) is 2.10. The van der Waals surface area contributed by atoms with Gasteiger partial charge in [0.05, 0.1) is 0 Å². The Morgan fingerprint density at radius 1 is 1.60 bits per heavy atom. The van der Waals surface area contributed by atoms with E-state index in [1.807, 2.05) is 0 Å². The molecule has 15 heavy (non-hydrogen) atoms. The van der Waals surface area contributed by atoms with E-state index in [4.69, 9.17) is 5.11 Å². The first-order valence-electron chi connectivity index (χ1n) is 5.45. The highest BCUT2D eigenvalue weighted by Crippen LogP contribution is 2.37. The summed E-state index contributed by atoms with van der Waals surface area (Å²) in [5.41, 5.74) is -1.47. The quantitative estimate of drug-likeness (QED) is 0.654. The van der Waals surface area contributed by atoms with Crippen molar-refractivity contribution in [2.45, 2.75) is 51.7 Å². The average Bonchev–Trinajstić information content (AvgIpc) is 2.41. The Labute approximate surface area is 90.7 Å². The second kappa shape index (κ2) is 4.10. The van der Waals surface area contributed by atoms with Crippen molar-refractivity contribution in [3.05, 3.63) is 0 Å². The Hall–Kier alpha value is -0.610. The van der Waals surface area contributed by atoms with Crippen molar-refractivity contribution in [1.82, 2.24) is 5.32 Å². The van der Waals surface area contributed by atoms with Crippen molar-refractivity contribution in [3.63, 3.8) is 0 Å². The van der Waals surface area contributed by atoms with Crippen molar-refractivity contribution in [2.24, 2.45) is 5.41 Å². The van der Waals surface area contributed by atoms with Crippen LogP contribution < -0.4 is 5.32 Å². The van der Waals surface area contributed by atoms with Crippen LogP contribution in [0, 0.1) is 5.41 Å². The molecule has 3 N–H and O–H groups in total. The van der Waals surface area contributed by atoms with E-state index in [-0.39, 0.29) is 12.0 Å². The molecule has 0 amide bonds. The third-order valence-corrected chi connectivity index (χ3v) is 3.41. The van der Waals surface area contributed by atoms with Crippen molar-refractivity contribution in [2.75, 3.05) is 6.54 Å². The molecule has 0 saturated heterocycles. The van der Waals surface area contributed by atoms with E-state index < -0.39 is 11.6 Å². The van der Waals surface area contributed by atoms with Crippen LogP contribution in [-0.4, -0.2) is 34.4 Å². The van der Waals surface area contributed by atoms with Crippen LogP contribution in [0.1, 0.15) is 40.0 Å². The molecule has 1 aliphatic carbocycles. The molecule has 88 valence electrons. The summed E-state index contributed by atoms with van der Waals surface area (Å²) < 4.78 is 0. The third-order valence-electron chi connectivity index (χ3n) is 3.41. The monoisotopic (exact) mass is 215 g/mol. The minimum absolute atomic E-state index is 0.108. The van der Waals surface area contributed by atoms with E-state index in [2.05, 4.69) is 19.2 Å². The van der Waals surface area contributed by atoms with Gasteiger partial charge in [0.25, 0.3) is 0 Å². The zero-order valence-corrected chi connectivity index (χ0v) is 9.71. The summed E-state index contributed by atoms with van der Waals surface area (Å²) in [6, 6.07) is 0.309. The normalized spacial score (nSPS) is 28.7. The van der Waals surface area contributed by atoms with Crippen LogP contribution in [0.5, 0.6) is 0 Å². The number of hydrogen-bond acceptors (Lipinski definition) is 3. The zero-order chi connectivity index (χ0) is 11.7. The van der Waals surface area contributed by atoms with E-state index >= 15 is 0 Å². The summed E-state index contributed by atoms with van der Waals surface area (Å²) in [7, 11) is 0. The number of hydrogen-bond donors (Lipinski definition) is 3. The number of nitrogens with one attached hydrogen (secondary N) is 1. The molecule has 2 unspecified atom stereocenters. The minimum Gasteiger partial charge on any atom is -0.479 e. The molecule has 0 aromatic rings. The fraction of sp³-hybridized carbons (Fsp3) is 0.909. The molecule has 0 radical (unpaired) electrons. The summed E-state index contributed by atoms with van der Waals surface area (Å²) in [5, 5.41) is 21.5. The smallest absolute Gasteiger partial charge is 0.336 e. The number of carbonyl (C=O) groups is 1. The van der Waals surface area contributed by atoms with Crippen LogP contribution >= 0.6 is 0 Å². The SMILES string of the molecule is CC(O)(CNC1CCCC1(C)C)C(=O)O. The Morgan fingerprint density at radius 3 is 2.60 bits per heavy atom. The van der Waals surface area contributed by atoms with Crippen LogP contribution in [0.25, 0.3) is 0 Å². The number of carboxylic acid groups (broad SMARTS) is 1. The molecule has 1 rings (SSSR count). The lowest BCUT2D eigenvalue weighted by molar-refractivity contribution is -0.156. The molecule has 0 heterocycles. The van der Waals surface area contributed by atoms with Gasteiger partial charge in [-0.1, -0.05) is 20.3 Å². The van der Waals surface area contributed by atoms with Crippen LogP contribution in [0.3, 0.4) is 0 Å². The maximum atomic E-state index is 10.7. The molecule has 0 bridgehead atoms. The first-order valence-corrected chi connectivity index (χ1v) is 5.45. The van der Waals surface area contributed by atoms with Gasteiger partial charge in [-0.05, 0) is 25.2 Å². The number of aliphatic carboxylic acids is 1. The number of carboxylic acids is 1. The summed E-state index contributed by atoms with van der Waals surface area (Å²) in [6.45, 7) is 5.78. The summed E-state index contributed by atoms with van der Waals surface area (Å²) in [6.07, 6.45) is 3.38. The Bertz CT molecular complexity index is 248. The number of rotatable bonds is 4. The predicted octanol–water partition coefficient (Wildman–Crippen LogP) is 0.990. The first-order chi connectivity index (χ1) is 6.76. The van der Waals surface area contributed by atoms with Gasteiger partial charge in [-0.15, -0.1) is 0 Å². The van der Waals surface area contributed by atoms with Crippen LogP contribution in [0.2, 0.25) is 0 Å². The summed E-state index contributed by atoms with van der Waals surface area (Å²) in [5.74, 6) is -1.18. The molecular formula is C11H21NO3. The molecule has 4 nitrogen and oxygen atoms in total. The summed E-state index contributed by atoms with van der Waals surface area (Å²) >= 11 is 0.